The molecule has 0 heterocycles. The quantitative estimate of drug-likeness (QED) is 0.379. The summed E-state index contributed by atoms with van der Waals surface area (Å²) in [6, 6.07) is 6.49. The smallest absolute Gasteiger partial charge is 0.379 e. The van der Waals surface area contributed by atoms with Gasteiger partial charge in [-0.3, -0.25) is 9.59 Å². The first-order chi connectivity index (χ1) is 10.2. The van der Waals surface area contributed by atoms with Crippen LogP contribution in [0.2, 0.25) is 0 Å². The van der Waals surface area contributed by atoms with Gasteiger partial charge in [0.05, 0.1) is 12.1 Å². The Kier molecular flexibility index (Phi) is 5.63. The molecule has 5 nitrogen and oxygen atoms in total. The number of Topliss-reactive ketones (excluding diaryl/α,β-unsaturated/α-hetero) is 1. The predicted molar refractivity (Wildman–Crippen MR) is 83.4 cm³/mol. The lowest BCUT2D eigenvalue weighted by Gasteiger charge is -2.27. The topological polar surface area (TPSA) is 72.5 Å². The highest BCUT2D eigenvalue weighted by molar-refractivity contribution is 6.40. The molecular weight excluding hydrogens is 282 g/mol. The molecule has 0 radical (unpaired) electrons. The van der Waals surface area contributed by atoms with Gasteiger partial charge in [-0.05, 0) is 33.3 Å². The van der Waals surface area contributed by atoms with Crippen LogP contribution >= 0.6 is 0 Å². The molecule has 0 saturated carbocycles. The van der Waals surface area contributed by atoms with E-state index in [1.165, 1.54) is 0 Å². The molecule has 1 N–H and O–H groups in total. The van der Waals surface area contributed by atoms with E-state index in [1.54, 1.807) is 38.1 Å². The molecule has 0 aromatic heterocycles. The van der Waals surface area contributed by atoms with Crippen molar-refractivity contribution >= 4 is 17.7 Å². The number of hydrogen-bond acceptors (Lipinski definition) is 4. The average molecular weight is 303 g/mol. The van der Waals surface area contributed by atoms with Crippen molar-refractivity contribution < 1.29 is 19.1 Å². The summed E-state index contributed by atoms with van der Waals surface area (Å²) in [5.74, 6) is -1.79. The van der Waals surface area contributed by atoms with Gasteiger partial charge in [0.15, 0.2) is 0 Å². The molecule has 0 atom stereocenters. The maximum atomic E-state index is 11.8. The molecule has 0 aliphatic rings. The van der Waals surface area contributed by atoms with Crippen molar-refractivity contribution in [3.8, 4) is 0 Å². The SMILES string of the molecule is C=C(C)C(=O)NC(C)(C)c1ccc(C(=O)C(=O)OCC)cc1. The Morgan fingerprint density at radius 3 is 2.18 bits per heavy atom. The van der Waals surface area contributed by atoms with E-state index in [4.69, 9.17) is 0 Å². The van der Waals surface area contributed by atoms with Crippen molar-refractivity contribution in [1.82, 2.24) is 5.32 Å². The molecule has 1 aromatic rings. The van der Waals surface area contributed by atoms with Crippen LogP contribution in [0.3, 0.4) is 0 Å². The Bertz CT molecular complexity index is 600. The summed E-state index contributed by atoms with van der Waals surface area (Å²) < 4.78 is 4.68. The highest BCUT2D eigenvalue weighted by Gasteiger charge is 2.24. The van der Waals surface area contributed by atoms with E-state index in [0.717, 1.165) is 5.56 Å². The summed E-state index contributed by atoms with van der Waals surface area (Å²) in [7, 11) is 0. The minimum absolute atomic E-state index is 0.155. The van der Waals surface area contributed by atoms with Crippen molar-refractivity contribution in [2.24, 2.45) is 0 Å². The first-order valence-electron chi connectivity index (χ1n) is 6.99. The maximum Gasteiger partial charge on any atom is 0.379 e. The van der Waals surface area contributed by atoms with Crippen molar-refractivity contribution in [3.63, 3.8) is 0 Å². The molecule has 5 heteroatoms. The van der Waals surface area contributed by atoms with Crippen LogP contribution in [0.15, 0.2) is 36.4 Å². The van der Waals surface area contributed by atoms with Crippen LogP contribution in [0.5, 0.6) is 0 Å². The van der Waals surface area contributed by atoms with E-state index >= 15 is 0 Å². The number of carbonyl (C=O) groups is 3. The number of hydrogen-bond donors (Lipinski definition) is 1. The third-order valence-corrected chi connectivity index (χ3v) is 3.14. The Morgan fingerprint density at radius 2 is 1.73 bits per heavy atom. The number of amides is 1. The monoisotopic (exact) mass is 303 g/mol. The molecule has 118 valence electrons. The Hall–Kier alpha value is -2.43. The second kappa shape index (κ2) is 7.02. The standard InChI is InChI=1S/C17H21NO4/c1-6-22-16(21)14(19)12-7-9-13(10-8-12)17(4,5)18-15(20)11(2)3/h7-10H,2,6H2,1,3-5H3,(H,18,20). The van der Waals surface area contributed by atoms with Gasteiger partial charge in [-0.25, -0.2) is 4.79 Å². The summed E-state index contributed by atoms with van der Waals surface area (Å²) in [6.45, 7) is 10.7. The summed E-state index contributed by atoms with van der Waals surface area (Å²) in [5, 5.41) is 2.85. The van der Waals surface area contributed by atoms with Crippen LogP contribution in [0.4, 0.5) is 0 Å². The number of ketones is 1. The van der Waals surface area contributed by atoms with Gasteiger partial charge < -0.3 is 10.1 Å². The van der Waals surface area contributed by atoms with E-state index in [0.29, 0.717) is 5.57 Å². The van der Waals surface area contributed by atoms with Gasteiger partial charge >= 0.3 is 5.97 Å². The largest absolute Gasteiger partial charge is 0.460 e. The zero-order chi connectivity index (χ0) is 16.9. The summed E-state index contributed by atoms with van der Waals surface area (Å²) >= 11 is 0. The first-order valence-corrected chi connectivity index (χ1v) is 6.99. The van der Waals surface area contributed by atoms with E-state index in [1.807, 2.05) is 13.8 Å². The third-order valence-electron chi connectivity index (χ3n) is 3.14. The number of rotatable bonds is 6. The first kappa shape index (κ1) is 17.6. The lowest BCUT2D eigenvalue weighted by Crippen LogP contribution is -2.41. The van der Waals surface area contributed by atoms with Crippen molar-refractivity contribution in [2.45, 2.75) is 33.2 Å². The zero-order valence-electron chi connectivity index (χ0n) is 13.4. The van der Waals surface area contributed by atoms with Gasteiger partial charge in [0, 0.05) is 11.1 Å². The Balaban J connectivity index is 2.92. The predicted octanol–water partition coefficient (Wildman–Crippen LogP) is 2.36. The number of ether oxygens (including phenoxy) is 1. The van der Waals surface area contributed by atoms with E-state index in [9.17, 15) is 14.4 Å². The lowest BCUT2D eigenvalue weighted by atomic mass is 9.92. The normalized spacial score (nSPS) is 10.7. The van der Waals surface area contributed by atoms with E-state index in [2.05, 4.69) is 16.6 Å². The van der Waals surface area contributed by atoms with Crippen LogP contribution in [0.1, 0.15) is 43.6 Å². The second-order valence-electron chi connectivity index (χ2n) is 5.49. The molecule has 0 spiro atoms. The molecule has 0 unspecified atom stereocenters. The molecule has 1 amide bonds. The van der Waals surface area contributed by atoms with Gasteiger partial charge in [-0.2, -0.15) is 0 Å². The molecule has 0 aliphatic heterocycles. The molecule has 0 saturated heterocycles. The van der Waals surface area contributed by atoms with Crippen LogP contribution in [-0.4, -0.2) is 24.3 Å². The van der Waals surface area contributed by atoms with Crippen molar-refractivity contribution in [3.05, 3.63) is 47.5 Å². The van der Waals surface area contributed by atoms with Gasteiger partial charge in [0.1, 0.15) is 0 Å². The molecule has 1 aromatic carbocycles. The fourth-order valence-corrected chi connectivity index (χ4v) is 1.82. The molecule has 0 bridgehead atoms. The highest BCUT2D eigenvalue weighted by atomic mass is 16.5. The summed E-state index contributed by atoms with van der Waals surface area (Å²) in [5.41, 5.74) is 0.857. The van der Waals surface area contributed by atoms with Gasteiger partial charge in [-0.15, -0.1) is 0 Å². The Morgan fingerprint density at radius 1 is 1.18 bits per heavy atom. The average Bonchev–Trinajstić information content (AvgIpc) is 2.46. The molecule has 22 heavy (non-hydrogen) atoms. The number of benzene rings is 1. The lowest BCUT2D eigenvalue weighted by molar-refractivity contribution is -0.137. The number of esters is 1. The van der Waals surface area contributed by atoms with Gasteiger partial charge in [0.2, 0.25) is 5.91 Å². The minimum atomic E-state index is -0.870. The molecule has 0 fully saturated rings. The van der Waals surface area contributed by atoms with Crippen LogP contribution in [0.25, 0.3) is 0 Å². The second-order valence-corrected chi connectivity index (χ2v) is 5.49. The van der Waals surface area contributed by atoms with Crippen molar-refractivity contribution in [2.75, 3.05) is 6.61 Å². The molecule has 0 aliphatic carbocycles. The molecular formula is C17H21NO4. The van der Waals surface area contributed by atoms with Crippen LogP contribution in [-0.2, 0) is 19.9 Å². The van der Waals surface area contributed by atoms with Crippen LogP contribution < -0.4 is 5.32 Å². The van der Waals surface area contributed by atoms with Gasteiger partial charge in [0.25, 0.3) is 5.78 Å². The zero-order valence-corrected chi connectivity index (χ0v) is 13.4. The summed E-state index contributed by atoms with van der Waals surface area (Å²) in [4.78, 5) is 35.0. The van der Waals surface area contributed by atoms with Crippen molar-refractivity contribution in [1.29, 1.82) is 0 Å². The number of nitrogens with one attached hydrogen (secondary N) is 1. The van der Waals surface area contributed by atoms with Crippen LogP contribution in [0, 0.1) is 0 Å². The third kappa shape index (κ3) is 4.28. The fraction of sp³-hybridized carbons (Fsp3) is 0.353. The van der Waals surface area contributed by atoms with Gasteiger partial charge in [-0.1, -0.05) is 30.8 Å². The highest BCUT2D eigenvalue weighted by Crippen LogP contribution is 2.21. The van der Waals surface area contributed by atoms with E-state index in [-0.39, 0.29) is 18.1 Å². The number of carbonyl (C=O) groups excluding carboxylic acids is 3. The Labute approximate surface area is 130 Å². The fourth-order valence-electron chi connectivity index (χ4n) is 1.82. The van der Waals surface area contributed by atoms with E-state index < -0.39 is 17.3 Å². The minimum Gasteiger partial charge on any atom is -0.460 e. The summed E-state index contributed by atoms with van der Waals surface area (Å²) in [6.07, 6.45) is 0. The molecule has 1 rings (SSSR count). The maximum absolute atomic E-state index is 11.8.